The lowest BCUT2D eigenvalue weighted by Gasteiger charge is -2.26. The van der Waals surface area contributed by atoms with Gasteiger partial charge in [-0.25, -0.2) is 4.98 Å². The third kappa shape index (κ3) is 4.45. The summed E-state index contributed by atoms with van der Waals surface area (Å²) in [5.41, 5.74) is 2.27. The van der Waals surface area contributed by atoms with Crippen molar-refractivity contribution in [1.82, 2.24) is 9.55 Å². The third-order valence-electron chi connectivity index (χ3n) is 5.97. The van der Waals surface area contributed by atoms with Crippen LogP contribution in [0.25, 0.3) is 15.9 Å². The lowest BCUT2D eigenvalue weighted by molar-refractivity contribution is 0.00200. The Morgan fingerprint density at radius 2 is 1.94 bits per heavy atom. The first-order valence-corrected chi connectivity index (χ1v) is 13.3. The molecule has 0 saturated heterocycles. The molecule has 34 heavy (non-hydrogen) atoms. The van der Waals surface area contributed by atoms with E-state index in [1.165, 1.54) is 23.1 Å². The number of rotatable bonds is 6. The summed E-state index contributed by atoms with van der Waals surface area (Å²) in [6.07, 6.45) is 0.793. The predicted octanol–water partition coefficient (Wildman–Crippen LogP) is 6.17. The summed E-state index contributed by atoms with van der Waals surface area (Å²) in [5, 5.41) is 1.76. The average molecular weight is 511 g/mol. The molecule has 0 aliphatic carbocycles. The molecule has 1 aliphatic heterocycles. The van der Waals surface area contributed by atoms with E-state index in [0.29, 0.717) is 44.9 Å². The summed E-state index contributed by atoms with van der Waals surface area (Å²) >= 11 is 8.74. The number of ether oxygens (including phenoxy) is 1. The van der Waals surface area contributed by atoms with Crippen molar-refractivity contribution in [2.45, 2.75) is 38.1 Å². The normalized spacial score (nSPS) is 15.6. The largest absolute Gasteiger partial charge is 0.372 e. The van der Waals surface area contributed by atoms with Gasteiger partial charge in [-0.05, 0) is 47.9 Å². The van der Waals surface area contributed by atoms with Crippen LogP contribution in [0.4, 0.5) is 0 Å². The van der Waals surface area contributed by atoms with Crippen LogP contribution in [0.15, 0.2) is 64.5 Å². The number of carbonyl (C=O) groups excluding carboxylic acids is 1. The molecule has 174 valence electrons. The van der Waals surface area contributed by atoms with Gasteiger partial charge in [0.2, 0.25) is 0 Å². The molecule has 5 rings (SSSR count). The number of Topliss-reactive ketones (excluding diaryl/α,β-unsaturated/α-hetero) is 1. The zero-order chi connectivity index (χ0) is 23.8. The van der Waals surface area contributed by atoms with Gasteiger partial charge in [0.15, 0.2) is 10.9 Å². The number of ketones is 1. The fourth-order valence-corrected chi connectivity index (χ4v) is 6.28. The van der Waals surface area contributed by atoms with Crippen molar-refractivity contribution < 1.29 is 9.53 Å². The highest BCUT2D eigenvalue weighted by Gasteiger charge is 2.29. The van der Waals surface area contributed by atoms with E-state index in [1.54, 1.807) is 28.8 Å². The molecule has 5 nitrogen and oxygen atoms in total. The molecule has 0 N–H and O–H groups in total. The molecule has 1 aliphatic rings. The van der Waals surface area contributed by atoms with E-state index in [2.05, 4.69) is 13.8 Å². The van der Waals surface area contributed by atoms with Crippen molar-refractivity contribution >= 4 is 50.7 Å². The summed E-state index contributed by atoms with van der Waals surface area (Å²) in [7, 11) is 0. The fourth-order valence-electron chi connectivity index (χ4n) is 4.09. The molecule has 4 aromatic rings. The molecule has 0 bridgehead atoms. The fraction of sp³-hybridized carbons (Fsp3) is 0.269. The first-order chi connectivity index (χ1) is 16.4. The van der Waals surface area contributed by atoms with Gasteiger partial charge in [-0.3, -0.25) is 14.2 Å². The highest BCUT2D eigenvalue weighted by Crippen LogP contribution is 2.36. The summed E-state index contributed by atoms with van der Waals surface area (Å²) < 4.78 is 7.67. The van der Waals surface area contributed by atoms with E-state index in [1.807, 2.05) is 30.3 Å². The van der Waals surface area contributed by atoms with Gasteiger partial charge in [-0.1, -0.05) is 55.4 Å². The van der Waals surface area contributed by atoms with Gasteiger partial charge in [0, 0.05) is 21.9 Å². The number of nitrogens with zero attached hydrogens (tertiary/aromatic N) is 2. The Morgan fingerprint density at radius 1 is 1.21 bits per heavy atom. The smallest absolute Gasteiger partial charge is 0.267 e. The van der Waals surface area contributed by atoms with Gasteiger partial charge in [0.05, 0.1) is 29.5 Å². The lowest BCUT2D eigenvalue weighted by atomic mass is 9.96. The maximum Gasteiger partial charge on any atom is 0.267 e. The zero-order valence-corrected chi connectivity index (χ0v) is 21.2. The minimum absolute atomic E-state index is 0.0470. The molecule has 0 saturated carbocycles. The molecule has 3 heterocycles. The second-order valence-corrected chi connectivity index (χ2v) is 11.0. The Labute approximate surface area is 210 Å². The Bertz CT molecular complexity index is 1410. The van der Waals surface area contributed by atoms with E-state index in [-0.39, 0.29) is 23.2 Å². The number of carbonyl (C=O) groups is 1. The summed E-state index contributed by atoms with van der Waals surface area (Å²) in [5.74, 6) is 0.478. The molecule has 8 heteroatoms. The van der Waals surface area contributed by atoms with Crippen molar-refractivity contribution in [2.75, 3.05) is 5.75 Å². The van der Waals surface area contributed by atoms with Crippen molar-refractivity contribution in [1.29, 1.82) is 0 Å². The Hall–Kier alpha value is -2.45. The van der Waals surface area contributed by atoms with Crippen LogP contribution in [0.5, 0.6) is 0 Å². The number of hydrogen-bond acceptors (Lipinski definition) is 6. The maximum atomic E-state index is 13.9. The Morgan fingerprint density at radius 3 is 2.65 bits per heavy atom. The number of hydrogen-bond donors (Lipinski definition) is 0. The zero-order valence-electron chi connectivity index (χ0n) is 18.8. The lowest BCUT2D eigenvalue weighted by Crippen LogP contribution is -2.28. The van der Waals surface area contributed by atoms with Crippen LogP contribution in [0.1, 0.15) is 34.6 Å². The topological polar surface area (TPSA) is 61.2 Å². The number of thiophene rings is 1. The number of fused-ring (bicyclic) bond motifs is 3. The highest BCUT2D eigenvalue weighted by molar-refractivity contribution is 7.99. The maximum absolute atomic E-state index is 13.9. The molecule has 2 aromatic carbocycles. The first kappa shape index (κ1) is 23.3. The number of benzene rings is 2. The van der Waals surface area contributed by atoms with Gasteiger partial charge in [0.1, 0.15) is 4.83 Å². The molecule has 0 fully saturated rings. The summed E-state index contributed by atoms with van der Waals surface area (Å²) in [6, 6.07) is 16.3. The quantitative estimate of drug-likeness (QED) is 0.176. The second kappa shape index (κ2) is 9.66. The van der Waals surface area contributed by atoms with Crippen molar-refractivity contribution in [2.24, 2.45) is 5.92 Å². The SMILES string of the molecule is CC(C)[C@@H]1Cc2c(sc3nc(SCC(=O)c4ccc(Cl)cc4)n(-c4ccccc4)c(=O)c23)CO1. The minimum atomic E-state index is -0.0976. The van der Waals surface area contributed by atoms with Crippen molar-refractivity contribution in [3.8, 4) is 5.69 Å². The Balaban J connectivity index is 1.58. The van der Waals surface area contributed by atoms with Crippen LogP contribution in [-0.2, 0) is 17.8 Å². The highest BCUT2D eigenvalue weighted by atomic mass is 35.5. The van der Waals surface area contributed by atoms with E-state index < -0.39 is 0 Å². The van der Waals surface area contributed by atoms with Crippen LogP contribution < -0.4 is 5.56 Å². The average Bonchev–Trinajstić information content (AvgIpc) is 3.21. The van der Waals surface area contributed by atoms with Crippen molar-refractivity contribution in [3.05, 3.63) is 86.0 Å². The van der Waals surface area contributed by atoms with Gasteiger partial charge < -0.3 is 4.74 Å². The van der Waals surface area contributed by atoms with E-state index in [0.717, 1.165) is 16.1 Å². The van der Waals surface area contributed by atoms with E-state index in [4.69, 9.17) is 21.3 Å². The molecular weight excluding hydrogens is 488 g/mol. The van der Waals surface area contributed by atoms with Crippen LogP contribution >= 0.6 is 34.7 Å². The van der Waals surface area contributed by atoms with E-state index in [9.17, 15) is 9.59 Å². The van der Waals surface area contributed by atoms with Gasteiger partial charge in [-0.15, -0.1) is 11.3 Å². The molecular formula is C26H23ClN2O3S2. The number of para-hydroxylation sites is 1. The number of aromatic nitrogens is 2. The van der Waals surface area contributed by atoms with Gasteiger partial charge in [-0.2, -0.15) is 0 Å². The minimum Gasteiger partial charge on any atom is -0.372 e. The van der Waals surface area contributed by atoms with Crippen LogP contribution in [-0.4, -0.2) is 27.2 Å². The predicted molar refractivity (Wildman–Crippen MR) is 139 cm³/mol. The second-order valence-electron chi connectivity index (χ2n) is 8.57. The summed E-state index contributed by atoms with van der Waals surface area (Å²) in [4.78, 5) is 33.3. The molecule has 0 unspecified atom stereocenters. The van der Waals surface area contributed by atoms with Gasteiger partial charge >= 0.3 is 0 Å². The van der Waals surface area contributed by atoms with Crippen molar-refractivity contribution in [3.63, 3.8) is 0 Å². The molecule has 0 amide bonds. The third-order valence-corrected chi connectivity index (χ3v) is 8.26. The van der Waals surface area contributed by atoms with Gasteiger partial charge in [0.25, 0.3) is 5.56 Å². The first-order valence-electron chi connectivity index (χ1n) is 11.1. The number of halogens is 1. The van der Waals surface area contributed by atoms with Crippen LogP contribution in [0.2, 0.25) is 5.02 Å². The van der Waals surface area contributed by atoms with E-state index >= 15 is 0 Å². The standard InChI is InChI=1S/C26H23ClN2O3S2/c1-15(2)21-12-19-22(13-32-21)34-24-23(19)25(31)29(18-6-4-3-5-7-18)26(28-24)33-14-20(30)16-8-10-17(27)11-9-16/h3-11,15,21H,12-14H2,1-2H3/t21-/m0/s1. The Kier molecular flexibility index (Phi) is 6.62. The van der Waals surface area contributed by atoms with Crippen LogP contribution in [0.3, 0.4) is 0 Å². The molecule has 0 radical (unpaired) electrons. The molecule has 0 spiro atoms. The van der Waals surface area contributed by atoms with Crippen LogP contribution in [0, 0.1) is 5.92 Å². The molecule has 2 aromatic heterocycles. The molecule has 1 atom stereocenters. The summed E-state index contributed by atoms with van der Waals surface area (Å²) in [6.45, 7) is 4.77. The monoisotopic (exact) mass is 510 g/mol. The number of thioether (sulfide) groups is 1.